The predicted molar refractivity (Wildman–Crippen MR) is 62.0 cm³/mol. The lowest BCUT2D eigenvalue weighted by molar-refractivity contribution is 0.0523. The SMILES string of the molecule is Cc1ccc(CNC(=O)OC(C)(C)C)nc1. The van der Waals surface area contributed by atoms with Crippen LogP contribution in [0.15, 0.2) is 18.3 Å². The van der Waals surface area contributed by atoms with E-state index in [-0.39, 0.29) is 0 Å². The van der Waals surface area contributed by atoms with Crippen LogP contribution < -0.4 is 5.32 Å². The summed E-state index contributed by atoms with van der Waals surface area (Å²) in [5.74, 6) is 0. The average molecular weight is 222 g/mol. The second-order valence-electron chi connectivity index (χ2n) is 4.68. The van der Waals surface area contributed by atoms with E-state index in [1.807, 2.05) is 39.8 Å². The minimum absolute atomic E-state index is 0.384. The molecule has 0 spiro atoms. The second kappa shape index (κ2) is 4.96. The molecule has 1 heterocycles. The first kappa shape index (κ1) is 12.5. The molecule has 0 saturated heterocycles. The lowest BCUT2D eigenvalue weighted by atomic mass is 10.2. The van der Waals surface area contributed by atoms with E-state index in [1.54, 1.807) is 6.20 Å². The largest absolute Gasteiger partial charge is 0.444 e. The van der Waals surface area contributed by atoms with Crippen LogP contribution in [-0.4, -0.2) is 16.7 Å². The monoisotopic (exact) mass is 222 g/mol. The average Bonchev–Trinajstić information content (AvgIpc) is 2.14. The van der Waals surface area contributed by atoms with Gasteiger partial charge in [-0.25, -0.2) is 4.79 Å². The van der Waals surface area contributed by atoms with Crippen LogP contribution >= 0.6 is 0 Å². The number of carbonyl (C=O) groups is 1. The van der Waals surface area contributed by atoms with E-state index in [4.69, 9.17) is 4.74 Å². The number of hydrogen-bond acceptors (Lipinski definition) is 3. The topological polar surface area (TPSA) is 51.2 Å². The number of carbonyl (C=O) groups excluding carboxylic acids is 1. The summed E-state index contributed by atoms with van der Waals surface area (Å²) in [4.78, 5) is 15.5. The molecule has 4 nitrogen and oxygen atoms in total. The summed E-state index contributed by atoms with van der Waals surface area (Å²) < 4.78 is 5.11. The number of nitrogens with zero attached hydrogens (tertiary/aromatic N) is 1. The standard InChI is InChI=1S/C12H18N2O2/c1-9-5-6-10(13-7-9)8-14-11(15)16-12(2,3)4/h5-7H,8H2,1-4H3,(H,14,15). The zero-order valence-electron chi connectivity index (χ0n) is 10.2. The second-order valence-corrected chi connectivity index (χ2v) is 4.68. The summed E-state index contributed by atoms with van der Waals surface area (Å²) in [6.07, 6.45) is 1.35. The first-order chi connectivity index (χ1) is 7.37. The van der Waals surface area contributed by atoms with Gasteiger partial charge in [0.2, 0.25) is 0 Å². The number of amides is 1. The normalized spacial score (nSPS) is 11.0. The Kier molecular flexibility index (Phi) is 3.88. The molecule has 0 aliphatic rings. The quantitative estimate of drug-likeness (QED) is 0.836. The molecule has 0 radical (unpaired) electrons. The first-order valence-corrected chi connectivity index (χ1v) is 5.25. The van der Waals surface area contributed by atoms with Gasteiger partial charge in [-0.1, -0.05) is 6.07 Å². The van der Waals surface area contributed by atoms with Crippen molar-refractivity contribution in [3.8, 4) is 0 Å². The Labute approximate surface area is 96.0 Å². The summed E-state index contributed by atoms with van der Waals surface area (Å²) in [6, 6.07) is 3.84. The zero-order valence-corrected chi connectivity index (χ0v) is 10.2. The van der Waals surface area contributed by atoms with Crippen molar-refractivity contribution in [1.29, 1.82) is 0 Å². The molecule has 0 bridgehead atoms. The molecule has 0 aromatic carbocycles. The first-order valence-electron chi connectivity index (χ1n) is 5.25. The van der Waals surface area contributed by atoms with Gasteiger partial charge < -0.3 is 10.1 Å². The number of alkyl carbamates (subject to hydrolysis) is 1. The molecular weight excluding hydrogens is 204 g/mol. The Balaban J connectivity index is 2.40. The van der Waals surface area contributed by atoms with E-state index < -0.39 is 11.7 Å². The van der Waals surface area contributed by atoms with Crippen molar-refractivity contribution in [2.75, 3.05) is 0 Å². The highest BCUT2D eigenvalue weighted by atomic mass is 16.6. The van der Waals surface area contributed by atoms with Crippen molar-refractivity contribution in [1.82, 2.24) is 10.3 Å². The van der Waals surface area contributed by atoms with E-state index in [0.29, 0.717) is 6.54 Å². The summed E-state index contributed by atoms with van der Waals surface area (Å²) in [5.41, 5.74) is 1.45. The summed E-state index contributed by atoms with van der Waals surface area (Å²) in [5, 5.41) is 2.65. The van der Waals surface area contributed by atoms with Crippen LogP contribution in [0.1, 0.15) is 32.0 Å². The molecule has 4 heteroatoms. The molecule has 1 aromatic rings. The van der Waals surface area contributed by atoms with Gasteiger partial charge in [-0.2, -0.15) is 0 Å². The zero-order chi connectivity index (χ0) is 12.2. The molecule has 1 rings (SSSR count). The van der Waals surface area contributed by atoms with Crippen molar-refractivity contribution in [3.05, 3.63) is 29.6 Å². The minimum atomic E-state index is -0.467. The van der Waals surface area contributed by atoms with Crippen LogP contribution in [0.2, 0.25) is 0 Å². The highest BCUT2D eigenvalue weighted by Crippen LogP contribution is 2.06. The molecule has 16 heavy (non-hydrogen) atoms. The lowest BCUT2D eigenvalue weighted by Crippen LogP contribution is -2.32. The Hall–Kier alpha value is -1.58. The van der Waals surface area contributed by atoms with E-state index in [9.17, 15) is 4.79 Å². The highest BCUT2D eigenvalue weighted by molar-refractivity contribution is 5.67. The van der Waals surface area contributed by atoms with Gasteiger partial charge in [-0.15, -0.1) is 0 Å². The van der Waals surface area contributed by atoms with Gasteiger partial charge >= 0.3 is 6.09 Å². The third-order valence-electron chi connectivity index (χ3n) is 1.79. The Morgan fingerprint density at radius 3 is 2.62 bits per heavy atom. The fraction of sp³-hybridized carbons (Fsp3) is 0.500. The minimum Gasteiger partial charge on any atom is -0.444 e. The number of aromatic nitrogens is 1. The van der Waals surface area contributed by atoms with Gasteiger partial charge in [0.05, 0.1) is 12.2 Å². The number of hydrogen-bond donors (Lipinski definition) is 1. The van der Waals surface area contributed by atoms with E-state index >= 15 is 0 Å². The molecule has 1 amide bonds. The molecular formula is C12H18N2O2. The van der Waals surface area contributed by atoms with E-state index in [2.05, 4.69) is 10.3 Å². The summed E-state index contributed by atoms with van der Waals surface area (Å²) in [7, 11) is 0. The summed E-state index contributed by atoms with van der Waals surface area (Å²) >= 11 is 0. The molecule has 0 aliphatic carbocycles. The van der Waals surface area contributed by atoms with Gasteiger partial charge in [-0.3, -0.25) is 4.98 Å². The molecule has 0 atom stereocenters. The maximum Gasteiger partial charge on any atom is 0.407 e. The van der Waals surface area contributed by atoms with E-state index in [0.717, 1.165) is 11.3 Å². The molecule has 1 aromatic heterocycles. The number of rotatable bonds is 2. The fourth-order valence-electron chi connectivity index (χ4n) is 1.08. The fourth-order valence-corrected chi connectivity index (χ4v) is 1.08. The summed E-state index contributed by atoms with van der Waals surface area (Å²) in [6.45, 7) is 7.84. The van der Waals surface area contributed by atoms with Gasteiger partial charge in [0, 0.05) is 6.20 Å². The van der Waals surface area contributed by atoms with Crippen LogP contribution in [0.5, 0.6) is 0 Å². The van der Waals surface area contributed by atoms with Crippen LogP contribution in [0.3, 0.4) is 0 Å². The van der Waals surface area contributed by atoms with Crippen LogP contribution in [0.25, 0.3) is 0 Å². The third kappa shape index (κ3) is 4.77. The number of aryl methyl sites for hydroxylation is 1. The van der Waals surface area contributed by atoms with Crippen molar-refractivity contribution in [2.24, 2.45) is 0 Å². The van der Waals surface area contributed by atoms with Crippen LogP contribution in [-0.2, 0) is 11.3 Å². The van der Waals surface area contributed by atoms with Gasteiger partial charge in [0.15, 0.2) is 0 Å². The Morgan fingerprint density at radius 2 is 2.12 bits per heavy atom. The lowest BCUT2D eigenvalue weighted by Gasteiger charge is -2.19. The molecule has 88 valence electrons. The van der Waals surface area contributed by atoms with Crippen molar-refractivity contribution >= 4 is 6.09 Å². The number of pyridine rings is 1. The maximum absolute atomic E-state index is 11.3. The number of ether oxygens (including phenoxy) is 1. The van der Waals surface area contributed by atoms with Gasteiger partial charge in [0.1, 0.15) is 5.60 Å². The molecule has 0 fully saturated rings. The Morgan fingerprint density at radius 1 is 1.44 bits per heavy atom. The highest BCUT2D eigenvalue weighted by Gasteiger charge is 2.15. The molecule has 0 saturated carbocycles. The van der Waals surface area contributed by atoms with Crippen molar-refractivity contribution in [2.45, 2.75) is 39.8 Å². The maximum atomic E-state index is 11.3. The van der Waals surface area contributed by atoms with Crippen molar-refractivity contribution in [3.63, 3.8) is 0 Å². The smallest absolute Gasteiger partial charge is 0.407 e. The number of nitrogens with one attached hydrogen (secondary N) is 1. The predicted octanol–water partition coefficient (Wildman–Crippen LogP) is 2.41. The van der Waals surface area contributed by atoms with Crippen LogP contribution in [0.4, 0.5) is 4.79 Å². The Bertz CT molecular complexity index is 352. The van der Waals surface area contributed by atoms with Crippen molar-refractivity contribution < 1.29 is 9.53 Å². The van der Waals surface area contributed by atoms with Crippen LogP contribution in [0, 0.1) is 6.92 Å². The van der Waals surface area contributed by atoms with Gasteiger partial charge in [0.25, 0.3) is 0 Å². The molecule has 0 unspecified atom stereocenters. The van der Waals surface area contributed by atoms with Gasteiger partial charge in [-0.05, 0) is 39.3 Å². The third-order valence-corrected chi connectivity index (χ3v) is 1.79. The molecule has 0 aliphatic heterocycles. The molecule has 1 N–H and O–H groups in total. The van der Waals surface area contributed by atoms with E-state index in [1.165, 1.54) is 0 Å².